The molecule has 2 aromatic heterocycles. The van der Waals surface area contributed by atoms with Gasteiger partial charge in [0, 0.05) is 29.3 Å². The van der Waals surface area contributed by atoms with Crippen LogP contribution in [0, 0.1) is 11.6 Å². The van der Waals surface area contributed by atoms with Crippen molar-refractivity contribution in [1.29, 1.82) is 0 Å². The molecule has 0 atom stereocenters. The molecule has 4 rings (SSSR count). The molecule has 7 heteroatoms. The van der Waals surface area contributed by atoms with Crippen LogP contribution < -0.4 is 5.56 Å². The molecular formula is C21H13F2N3O2. The molecule has 0 aliphatic heterocycles. The molecule has 0 spiro atoms. The van der Waals surface area contributed by atoms with E-state index in [2.05, 4.69) is 9.98 Å². The minimum atomic E-state index is -1.03. The number of hydrogen-bond donors (Lipinski definition) is 1. The second-order valence-corrected chi connectivity index (χ2v) is 5.97. The van der Waals surface area contributed by atoms with Crippen molar-refractivity contribution in [3.63, 3.8) is 0 Å². The van der Waals surface area contributed by atoms with Crippen molar-refractivity contribution in [3.05, 3.63) is 94.4 Å². The maximum atomic E-state index is 13.4. The molecule has 0 bridgehead atoms. The van der Waals surface area contributed by atoms with E-state index >= 15 is 0 Å². The molecule has 0 aliphatic carbocycles. The van der Waals surface area contributed by atoms with E-state index in [9.17, 15) is 18.7 Å². The van der Waals surface area contributed by atoms with E-state index in [0.717, 1.165) is 16.7 Å². The Bertz CT molecular complexity index is 1270. The molecule has 0 fully saturated rings. The number of aromatic nitrogens is 2. The minimum absolute atomic E-state index is 0.165. The maximum absolute atomic E-state index is 13.4. The highest BCUT2D eigenvalue weighted by Crippen LogP contribution is 2.26. The maximum Gasteiger partial charge on any atom is 0.267 e. The zero-order valence-electron chi connectivity index (χ0n) is 14.4. The second-order valence-electron chi connectivity index (χ2n) is 5.97. The molecule has 0 radical (unpaired) electrons. The van der Waals surface area contributed by atoms with Crippen LogP contribution in [0.25, 0.3) is 16.6 Å². The summed E-state index contributed by atoms with van der Waals surface area (Å²) < 4.78 is 27.6. The van der Waals surface area contributed by atoms with Crippen molar-refractivity contribution in [2.75, 3.05) is 0 Å². The van der Waals surface area contributed by atoms with Crippen LogP contribution in [0.4, 0.5) is 14.5 Å². The van der Waals surface area contributed by atoms with Crippen LogP contribution in [-0.2, 0) is 0 Å². The third-order valence-electron chi connectivity index (χ3n) is 4.23. The van der Waals surface area contributed by atoms with Gasteiger partial charge >= 0.3 is 0 Å². The summed E-state index contributed by atoms with van der Waals surface area (Å²) in [5.74, 6) is -2.11. The molecule has 0 aliphatic rings. The van der Waals surface area contributed by atoms with Crippen molar-refractivity contribution >= 4 is 22.7 Å². The Hall–Kier alpha value is -3.87. The first-order valence-electron chi connectivity index (χ1n) is 8.33. The van der Waals surface area contributed by atoms with Crippen LogP contribution in [0.2, 0.25) is 0 Å². The third-order valence-corrected chi connectivity index (χ3v) is 4.23. The number of aromatic hydroxyl groups is 1. The van der Waals surface area contributed by atoms with Gasteiger partial charge in [0.1, 0.15) is 5.82 Å². The summed E-state index contributed by atoms with van der Waals surface area (Å²) in [5, 5.41) is 11.6. The smallest absolute Gasteiger partial charge is 0.267 e. The largest absolute Gasteiger partial charge is 0.494 e. The van der Waals surface area contributed by atoms with Gasteiger partial charge in [0.05, 0.1) is 11.3 Å². The molecule has 5 nitrogen and oxygen atoms in total. The van der Waals surface area contributed by atoms with Crippen molar-refractivity contribution in [3.8, 4) is 11.7 Å². The van der Waals surface area contributed by atoms with Gasteiger partial charge in [-0.3, -0.25) is 9.79 Å². The number of hydrogen-bond acceptors (Lipinski definition) is 4. The molecule has 2 heterocycles. The fourth-order valence-electron chi connectivity index (χ4n) is 2.89. The van der Waals surface area contributed by atoms with E-state index in [1.54, 1.807) is 42.5 Å². The average molecular weight is 377 g/mol. The second kappa shape index (κ2) is 7.03. The van der Waals surface area contributed by atoms with E-state index in [-0.39, 0.29) is 22.9 Å². The van der Waals surface area contributed by atoms with E-state index in [0.29, 0.717) is 10.8 Å². The Kier molecular flexibility index (Phi) is 4.41. The fraction of sp³-hybridized carbons (Fsp3) is 0. The molecule has 0 unspecified atom stereocenters. The van der Waals surface area contributed by atoms with Gasteiger partial charge in [-0.25, -0.2) is 18.3 Å². The predicted molar refractivity (Wildman–Crippen MR) is 103 cm³/mol. The lowest BCUT2D eigenvalue weighted by atomic mass is 10.1. The van der Waals surface area contributed by atoms with Crippen LogP contribution in [0.1, 0.15) is 5.56 Å². The summed E-state index contributed by atoms with van der Waals surface area (Å²) in [6.07, 6.45) is 2.81. The Balaban J connectivity index is 1.96. The predicted octanol–water partition coefficient (Wildman–Crippen LogP) is 4.12. The molecular weight excluding hydrogens is 364 g/mol. The van der Waals surface area contributed by atoms with Crippen molar-refractivity contribution in [2.24, 2.45) is 4.99 Å². The standard InChI is InChI=1S/C21H13F2N3O2/c22-17-9-8-13(11-18(17)23)25-12-16-14-5-1-2-6-15(14)20(27)26(21(16)28)19-7-3-4-10-24-19/h1-12,28H. The number of fused-ring (bicyclic) bond motifs is 1. The topological polar surface area (TPSA) is 67.5 Å². The normalized spacial score (nSPS) is 11.4. The summed E-state index contributed by atoms with van der Waals surface area (Å²) >= 11 is 0. The monoisotopic (exact) mass is 377 g/mol. The highest BCUT2D eigenvalue weighted by molar-refractivity contribution is 6.02. The highest BCUT2D eigenvalue weighted by atomic mass is 19.2. The number of aliphatic imine (C=N–C) groups is 1. The first-order chi connectivity index (χ1) is 13.6. The minimum Gasteiger partial charge on any atom is -0.494 e. The Morgan fingerprint density at radius 1 is 0.964 bits per heavy atom. The fourth-order valence-corrected chi connectivity index (χ4v) is 2.89. The molecule has 1 N–H and O–H groups in total. The van der Waals surface area contributed by atoms with Crippen molar-refractivity contribution in [1.82, 2.24) is 9.55 Å². The number of benzene rings is 2. The lowest BCUT2D eigenvalue weighted by Crippen LogP contribution is -2.20. The van der Waals surface area contributed by atoms with Gasteiger partial charge in [-0.1, -0.05) is 24.3 Å². The zero-order chi connectivity index (χ0) is 19.7. The van der Waals surface area contributed by atoms with Gasteiger partial charge in [0.25, 0.3) is 5.56 Å². The number of nitrogens with zero attached hydrogens (tertiary/aromatic N) is 3. The van der Waals surface area contributed by atoms with Crippen LogP contribution in [0.5, 0.6) is 5.88 Å². The summed E-state index contributed by atoms with van der Waals surface area (Å²) in [7, 11) is 0. The van der Waals surface area contributed by atoms with Crippen LogP contribution in [-0.4, -0.2) is 20.9 Å². The van der Waals surface area contributed by atoms with Gasteiger partial charge in [0.15, 0.2) is 11.6 Å². The van der Waals surface area contributed by atoms with E-state index in [4.69, 9.17) is 0 Å². The molecule has 138 valence electrons. The molecule has 2 aromatic carbocycles. The van der Waals surface area contributed by atoms with Crippen LogP contribution in [0.3, 0.4) is 0 Å². The zero-order valence-corrected chi connectivity index (χ0v) is 14.4. The molecule has 4 aromatic rings. The van der Waals surface area contributed by atoms with Crippen molar-refractivity contribution < 1.29 is 13.9 Å². The van der Waals surface area contributed by atoms with Gasteiger partial charge < -0.3 is 5.11 Å². The lowest BCUT2D eigenvalue weighted by molar-refractivity contribution is 0.435. The lowest BCUT2D eigenvalue weighted by Gasteiger charge is -2.12. The summed E-state index contributed by atoms with van der Waals surface area (Å²) in [6, 6.07) is 14.9. The van der Waals surface area contributed by atoms with Crippen LogP contribution in [0.15, 0.2) is 76.6 Å². The van der Waals surface area contributed by atoms with E-state index in [1.807, 2.05) is 0 Å². The average Bonchev–Trinajstić information content (AvgIpc) is 2.71. The van der Waals surface area contributed by atoms with E-state index < -0.39 is 17.2 Å². The highest BCUT2D eigenvalue weighted by Gasteiger charge is 2.16. The molecule has 0 saturated carbocycles. The quantitative estimate of drug-likeness (QED) is 0.546. The molecule has 0 amide bonds. The summed E-state index contributed by atoms with van der Waals surface area (Å²) in [6.45, 7) is 0. The Morgan fingerprint density at radius 3 is 2.43 bits per heavy atom. The van der Waals surface area contributed by atoms with Gasteiger partial charge in [-0.05, 0) is 30.3 Å². The molecule has 28 heavy (non-hydrogen) atoms. The first kappa shape index (κ1) is 17.5. The van der Waals surface area contributed by atoms with Crippen molar-refractivity contribution in [2.45, 2.75) is 0 Å². The summed E-state index contributed by atoms with van der Waals surface area (Å²) in [4.78, 5) is 21.1. The number of pyridine rings is 2. The summed E-state index contributed by atoms with van der Waals surface area (Å²) in [5.41, 5.74) is -0.0136. The number of halogens is 2. The third kappa shape index (κ3) is 3.03. The Morgan fingerprint density at radius 2 is 1.71 bits per heavy atom. The van der Waals surface area contributed by atoms with Gasteiger partial charge in [0.2, 0.25) is 5.88 Å². The Labute approximate surface area is 157 Å². The number of rotatable bonds is 3. The van der Waals surface area contributed by atoms with E-state index in [1.165, 1.54) is 18.5 Å². The SMILES string of the molecule is O=c1c2ccccc2c(C=Nc2ccc(F)c(F)c2)c(O)n1-c1ccccn1. The van der Waals surface area contributed by atoms with Crippen LogP contribution >= 0.6 is 0 Å². The van der Waals surface area contributed by atoms with Gasteiger partial charge in [-0.2, -0.15) is 0 Å². The van der Waals surface area contributed by atoms with Gasteiger partial charge in [-0.15, -0.1) is 0 Å². The first-order valence-corrected chi connectivity index (χ1v) is 8.33. The molecule has 0 saturated heterocycles.